The number of carbonyl (C=O) groups is 1. The van der Waals surface area contributed by atoms with Crippen LogP contribution in [0, 0.1) is 11.8 Å². The summed E-state index contributed by atoms with van der Waals surface area (Å²) in [5, 5.41) is 3.47. The Morgan fingerprint density at radius 2 is 1.77 bits per heavy atom. The third-order valence-corrected chi connectivity index (χ3v) is 3.23. The van der Waals surface area contributed by atoms with Gasteiger partial charge in [-0.25, -0.2) is 0 Å². The number of benzene rings is 1. The molecule has 0 radical (unpaired) electrons. The molecule has 124 valence electrons. The van der Waals surface area contributed by atoms with Gasteiger partial charge in [0.2, 0.25) is 0 Å². The van der Waals surface area contributed by atoms with E-state index in [4.69, 9.17) is 4.74 Å². The Labute approximate surface area is 135 Å². The lowest BCUT2D eigenvalue weighted by atomic mass is 9.95. The van der Waals surface area contributed by atoms with E-state index in [9.17, 15) is 4.79 Å². The molecule has 0 spiro atoms. The Kier molecular flexibility index (Phi) is 7.60. The average molecular weight is 305 g/mol. The van der Waals surface area contributed by atoms with E-state index in [1.165, 1.54) is 5.56 Å². The van der Waals surface area contributed by atoms with E-state index in [0.717, 1.165) is 19.5 Å². The van der Waals surface area contributed by atoms with Crippen LogP contribution in [0.5, 0.6) is 0 Å². The van der Waals surface area contributed by atoms with Crippen molar-refractivity contribution in [1.82, 2.24) is 5.32 Å². The molecule has 0 aliphatic carbocycles. The van der Waals surface area contributed by atoms with E-state index < -0.39 is 5.60 Å². The summed E-state index contributed by atoms with van der Waals surface area (Å²) in [5.41, 5.74) is 0.849. The number of esters is 1. The molecule has 0 amide bonds. The predicted octanol–water partition coefficient (Wildman–Crippen LogP) is 3.82. The van der Waals surface area contributed by atoms with Gasteiger partial charge < -0.3 is 10.1 Å². The topological polar surface area (TPSA) is 38.3 Å². The van der Waals surface area contributed by atoms with Crippen molar-refractivity contribution in [3.63, 3.8) is 0 Å². The third kappa shape index (κ3) is 8.83. The first-order valence-electron chi connectivity index (χ1n) is 8.22. The van der Waals surface area contributed by atoms with Gasteiger partial charge in [-0.05, 0) is 57.7 Å². The maximum atomic E-state index is 12.1. The first-order valence-corrected chi connectivity index (χ1v) is 8.22. The van der Waals surface area contributed by atoms with Gasteiger partial charge in [0.1, 0.15) is 5.60 Å². The summed E-state index contributed by atoms with van der Waals surface area (Å²) in [5.74, 6) is 0.759. The first-order chi connectivity index (χ1) is 10.3. The summed E-state index contributed by atoms with van der Waals surface area (Å²) >= 11 is 0. The maximum absolute atomic E-state index is 12.1. The van der Waals surface area contributed by atoms with Crippen LogP contribution in [0.3, 0.4) is 0 Å². The highest BCUT2D eigenvalue weighted by Gasteiger charge is 2.20. The summed E-state index contributed by atoms with van der Waals surface area (Å²) < 4.78 is 5.47. The lowest BCUT2D eigenvalue weighted by Crippen LogP contribution is -2.31. The van der Waals surface area contributed by atoms with Gasteiger partial charge in [0.25, 0.3) is 0 Å². The van der Waals surface area contributed by atoms with E-state index in [2.05, 4.69) is 31.3 Å². The molecule has 1 atom stereocenters. The molecule has 3 nitrogen and oxygen atoms in total. The Balaban J connectivity index is 2.59. The van der Waals surface area contributed by atoms with Gasteiger partial charge in [0, 0.05) is 6.42 Å². The van der Waals surface area contributed by atoms with E-state index in [0.29, 0.717) is 12.3 Å². The van der Waals surface area contributed by atoms with Gasteiger partial charge in [-0.1, -0.05) is 44.2 Å². The molecular weight excluding hydrogens is 274 g/mol. The zero-order valence-electron chi connectivity index (χ0n) is 14.7. The minimum absolute atomic E-state index is 0.111. The van der Waals surface area contributed by atoms with Crippen molar-refractivity contribution in [1.29, 1.82) is 0 Å². The largest absolute Gasteiger partial charge is 0.460 e. The minimum atomic E-state index is -0.417. The molecular formula is C19H31NO2. The molecule has 0 aromatic heterocycles. The van der Waals surface area contributed by atoms with Crippen LogP contribution in [0.4, 0.5) is 0 Å². The number of ether oxygens (including phenoxy) is 1. The number of nitrogens with one attached hydrogen (secondary N) is 1. The highest BCUT2D eigenvalue weighted by atomic mass is 16.6. The molecule has 1 rings (SSSR count). The molecule has 0 heterocycles. The molecule has 0 bridgehead atoms. The van der Waals surface area contributed by atoms with Crippen LogP contribution in [0.15, 0.2) is 30.3 Å². The molecule has 0 saturated heterocycles. The van der Waals surface area contributed by atoms with Crippen LogP contribution in [0.25, 0.3) is 0 Å². The minimum Gasteiger partial charge on any atom is -0.460 e. The monoisotopic (exact) mass is 305 g/mol. The smallest absolute Gasteiger partial charge is 0.306 e. The van der Waals surface area contributed by atoms with Crippen molar-refractivity contribution in [2.24, 2.45) is 11.8 Å². The van der Waals surface area contributed by atoms with Crippen LogP contribution >= 0.6 is 0 Å². The van der Waals surface area contributed by atoms with Gasteiger partial charge in [-0.15, -0.1) is 0 Å². The van der Waals surface area contributed by atoms with Crippen molar-refractivity contribution in [3.05, 3.63) is 35.9 Å². The quantitative estimate of drug-likeness (QED) is 0.742. The Morgan fingerprint density at radius 1 is 1.14 bits per heavy atom. The molecule has 0 unspecified atom stereocenters. The highest BCUT2D eigenvalue weighted by molar-refractivity contribution is 5.70. The van der Waals surface area contributed by atoms with Gasteiger partial charge in [0.15, 0.2) is 0 Å². The molecule has 1 N–H and O–H groups in total. The van der Waals surface area contributed by atoms with E-state index >= 15 is 0 Å². The predicted molar refractivity (Wildman–Crippen MR) is 91.8 cm³/mol. The number of carbonyl (C=O) groups excluding carboxylic acids is 1. The van der Waals surface area contributed by atoms with Crippen LogP contribution in [-0.4, -0.2) is 24.7 Å². The highest BCUT2D eigenvalue weighted by Crippen LogP contribution is 2.16. The maximum Gasteiger partial charge on any atom is 0.306 e. The van der Waals surface area contributed by atoms with Crippen molar-refractivity contribution in [2.75, 3.05) is 13.1 Å². The molecule has 0 aliphatic heterocycles. The SMILES string of the molecule is CC(C)CNC[C@@H](CC(=O)OC(C)(C)C)Cc1ccccc1. The molecule has 0 saturated carbocycles. The van der Waals surface area contributed by atoms with Gasteiger partial charge in [-0.2, -0.15) is 0 Å². The van der Waals surface area contributed by atoms with Crippen LogP contribution in [0.2, 0.25) is 0 Å². The Hall–Kier alpha value is -1.35. The van der Waals surface area contributed by atoms with E-state index in [1.807, 2.05) is 39.0 Å². The van der Waals surface area contributed by atoms with Crippen molar-refractivity contribution < 1.29 is 9.53 Å². The molecule has 1 aromatic carbocycles. The number of rotatable bonds is 8. The van der Waals surface area contributed by atoms with Crippen molar-refractivity contribution >= 4 is 5.97 Å². The lowest BCUT2D eigenvalue weighted by molar-refractivity contribution is -0.155. The van der Waals surface area contributed by atoms with Gasteiger partial charge in [-0.3, -0.25) is 4.79 Å². The second kappa shape index (κ2) is 8.94. The summed E-state index contributed by atoms with van der Waals surface area (Å²) in [6.45, 7) is 11.9. The molecule has 22 heavy (non-hydrogen) atoms. The van der Waals surface area contributed by atoms with E-state index in [1.54, 1.807) is 0 Å². The molecule has 0 aliphatic rings. The van der Waals surface area contributed by atoms with Gasteiger partial charge in [0.05, 0.1) is 0 Å². The fourth-order valence-electron chi connectivity index (χ4n) is 2.36. The number of hydrogen-bond donors (Lipinski definition) is 1. The third-order valence-electron chi connectivity index (χ3n) is 3.23. The second-order valence-electron chi connectivity index (χ2n) is 7.40. The zero-order chi connectivity index (χ0) is 16.6. The summed E-state index contributed by atoms with van der Waals surface area (Å²) in [6.07, 6.45) is 1.35. The first kappa shape index (κ1) is 18.7. The Morgan fingerprint density at radius 3 is 2.32 bits per heavy atom. The normalized spacial score (nSPS) is 13.2. The average Bonchev–Trinajstić information content (AvgIpc) is 2.36. The van der Waals surface area contributed by atoms with E-state index in [-0.39, 0.29) is 11.9 Å². The van der Waals surface area contributed by atoms with Crippen LogP contribution < -0.4 is 5.32 Å². The second-order valence-corrected chi connectivity index (χ2v) is 7.40. The van der Waals surface area contributed by atoms with Gasteiger partial charge >= 0.3 is 5.97 Å². The fourth-order valence-corrected chi connectivity index (χ4v) is 2.36. The van der Waals surface area contributed by atoms with Crippen molar-refractivity contribution in [2.45, 2.75) is 53.1 Å². The molecule has 0 fully saturated rings. The van der Waals surface area contributed by atoms with Crippen LogP contribution in [-0.2, 0) is 16.0 Å². The molecule has 1 aromatic rings. The standard InChI is InChI=1S/C19H31NO2/c1-15(2)13-20-14-17(11-16-9-7-6-8-10-16)12-18(21)22-19(3,4)5/h6-10,15,17,20H,11-14H2,1-5H3/t17-/m1/s1. The van der Waals surface area contributed by atoms with Crippen LogP contribution in [0.1, 0.15) is 46.6 Å². The molecule has 3 heteroatoms. The number of hydrogen-bond acceptors (Lipinski definition) is 3. The summed E-state index contributed by atoms with van der Waals surface area (Å²) in [7, 11) is 0. The fraction of sp³-hybridized carbons (Fsp3) is 0.632. The lowest BCUT2D eigenvalue weighted by Gasteiger charge is -2.23. The van der Waals surface area contributed by atoms with Crippen molar-refractivity contribution in [3.8, 4) is 0 Å². The summed E-state index contributed by atoms with van der Waals surface area (Å²) in [6, 6.07) is 10.3. The zero-order valence-corrected chi connectivity index (χ0v) is 14.7. The Bertz CT molecular complexity index is 434. The summed E-state index contributed by atoms with van der Waals surface area (Å²) in [4.78, 5) is 12.1.